The molecule has 8 heteroatoms. The van der Waals surface area contributed by atoms with Crippen molar-refractivity contribution in [1.29, 1.82) is 0 Å². The van der Waals surface area contributed by atoms with Crippen LogP contribution in [0.5, 0.6) is 0 Å². The molecule has 6 nitrogen and oxygen atoms in total. The lowest BCUT2D eigenvalue weighted by atomic mass is 10.5. The molecule has 0 unspecified atom stereocenters. The SMILES string of the molecule is Cc1nc(Br)cc(NCCNS(C)(=O)=O)n1. The molecule has 90 valence electrons. The fourth-order valence-corrected chi connectivity index (χ4v) is 2.00. The van der Waals surface area contributed by atoms with Crippen molar-refractivity contribution in [2.24, 2.45) is 0 Å². The van der Waals surface area contributed by atoms with E-state index in [2.05, 4.69) is 35.9 Å². The van der Waals surface area contributed by atoms with Gasteiger partial charge in [-0.05, 0) is 22.9 Å². The monoisotopic (exact) mass is 308 g/mol. The molecule has 1 rings (SSSR count). The van der Waals surface area contributed by atoms with Crippen LogP contribution in [0, 0.1) is 6.92 Å². The van der Waals surface area contributed by atoms with Crippen molar-refractivity contribution in [3.05, 3.63) is 16.5 Å². The average Bonchev–Trinajstić information content (AvgIpc) is 2.09. The number of aromatic nitrogens is 2. The minimum Gasteiger partial charge on any atom is -0.369 e. The van der Waals surface area contributed by atoms with Gasteiger partial charge in [0.15, 0.2) is 0 Å². The van der Waals surface area contributed by atoms with E-state index < -0.39 is 10.0 Å². The molecule has 1 aromatic heterocycles. The molecule has 2 N–H and O–H groups in total. The Bertz CT molecular complexity index is 443. The van der Waals surface area contributed by atoms with Crippen LogP contribution in [-0.4, -0.2) is 37.7 Å². The van der Waals surface area contributed by atoms with Crippen LogP contribution < -0.4 is 10.0 Å². The van der Waals surface area contributed by atoms with Gasteiger partial charge in [0.1, 0.15) is 16.2 Å². The Labute approximate surface area is 103 Å². The Morgan fingerprint density at radius 2 is 2.06 bits per heavy atom. The second-order valence-electron chi connectivity index (χ2n) is 3.22. The van der Waals surface area contributed by atoms with Crippen LogP contribution in [0.25, 0.3) is 0 Å². The van der Waals surface area contributed by atoms with Crippen LogP contribution in [0.2, 0.25) is 0 Å². The number of anilines is 1. The summed E-state index contributed by atoms with van der Waals surface area (Å²) in [6.45, 7) is 2.57. The van der Waals surface area contributed by atoms with Crippen molar-refractivity contribution in [2.75, 3.05) is 24.7 Å². The van der Waals surface area contributed by atoms with E-state index in [1.54, 1.807) is 13.0 Å². The number of sulfonamides is 1. The number of aryl methyl sites for hydroxylation is 1. The third-order valence-corrected chi connectivity index (χ3v) is 2.74. The summed E-state index contributed by atoms with van der Waals surface area (Å²) in [5.41, 5.74) is 0. The van der Waals surface area contributed by atoms with Gasteiger partial charge in [0.25, 0.3) is 0 Å². The largest absolute Gasteiger partial charge is 0.369 e. The number of hydrogen-bond acceptors (Lipinski definition) is 5. The minimum absolute atomic E-state index is 0.319. The molecule has 0 aliphatic rings. The summed E-state index contributed by atoms with van der Waals surface area (Å²) in [5, 5.41) is 2.99. The number of nitrogens with one attached hydrogen (secondary N) is 2. The number of rotatable bonds is 5. The maximum Gasteiger partial charge on any atom is 0.208 e. The lowest BCUT2D eigenvalue weighted by Crippen LogP contribution is -2.27. The van der Waals surface area contributed by atoms with E-state index in [1.807, 2.05) is 0 Å². The summed E-state index contributed by atoms with van der Waals surface area (Å²) in [4.78, 5) is 8.19. The molecular weight excluding hydrogens is 296 g/mol. The van der Waals surface area contributed by atoms with Gasteiger partial charge in [-0.3, -0.25) is 0 Å². The molecule has 0 aliphatic carbocycles. The van der Waals surface area contributed by atoms with Gasteiger partial charge >= 0.3 is 0 Å². The molecule has 0 amide bonds. The number of nitrogens with zero attached hydrogens (tertiary/aromatic N) is 2. The van der Waals surface area contributed by atoms with Gasteiger partial charge in [0.05, 0.1) is 6.26 Å². The highest BCUT2D eigenvalue weighted by atomic mass is 79.9. The van der Waals surface area contributed by atoms with Crippen molar-refractivity contribution < 1.29 is 8.42 Å². The van der Waals surface area contributed by atoms with Gasteiger partial charge in [0.2, 0.25) is 10.0 Å². The zero-order chi connectivity index (χ0) is 12.2. The van der Waals surface area contributed by atoms with Crippen molar-refractivity contribution >= 4 is 31.8 Å². The molecule has 0 saturated heterocycles. The molecular formula is C8H13BrN4O2S. The summed E-state index contributed by atoms with van der Waals surface area (Å²) < 4.78 is 24.6. The molecule has 0 saturated carbocycles. The topological polar surface area (TPSA) is 84.0 Å². The molecule has 1 heterocycles. The first-order chi connectivity index (χ1) is 7.37. The Morgan fingerprint density at radius 3 is 2.62 bits per heavy atom. The van der Waals surface area contributed by atoms with Crippen LogP contribution in [0.3, 0.4) is 0 Å². The molecule has 0 bridgehead atoms. The predicted molar refractivity (Wildman–Crippen MR) is 65.8 cm³/mol. The molecule has 0 fully saturated rings. The highest BCUT2D eigenvalue weighted by Crippen LogP contribution is 2.11. The Hall–Kier alpha value is -0.730. The minimum atomic E-state index is -3.13. The first kappa shape index (κ1) is 13.3. The highest BCUT2D eigenvalue weighted by Gasteiger charge is 2.01. The normalized spacial score (nSPS) is 11.4. The summed E-state index contributed by atoms with van der Waals surface area (Å²) in [6, 6.07) is 1.73. The molecule has 0 aromatic carbocycles. The average molecular weight is 309 g/mol. The van der Waals surface area contributed by atoms with Gasteiger partial charge in [-0.15, -0.1) is 0 Å². The Kier molecular flexibility index (Phi) is 4.63. The first-order valence-electron chi connectivity index (χ1n) is 4.56. The molecule has 0 aliphatic heterocycles. The Balaban J connectivity index is 2.43. The van der Waals surface area contributed by atoms with Gasteiger partial charge in [-0.1, -0.05) is 0 Å². The third kappa shape index (κ3) is 5.38. The summed E-state index contributed by atoms with van der Waals surface area (Å²) >= 11 is 3.25. The van der Waals surface area contributed by atoms with E-state index in [-0.39, 0.29) is 0 Å². The van der Waals surface area contributed by atoms with E-state index in [9.17, 15) is 8.42 Å². The standard InChI is InChI=1S/C8H13BrN4O2S/c1-6-12-7(9)5-8(13-6)10-3-4-11-16(2,14)15/h5,11H,3-4H2,1-2H3,(H,10,12,13). The highest BCUT2D eigenvalue weighted by molar-refractivity contribution is 9.10. The fraction of sp³-hybridized carbons (Fsp3) is 0.500. The van der Waals surface area contributed by atoms with Gasteiger partial charge in [0, 0.05) is 19.2 Å². The number of halogens is 1. The maximum absolute atomic E-state index is 10.8. The third-order valence-electron chi connectivity index (χ3n) is 1.60. The second-order valence-corrected chi connectivity index (χ2v) is 5.86. The van der Waals surface area contributed by atoms with Crippen LogP contribution in [0.15, 0.2) is 10.7 Å². The summed E-state index contributed by atoms with van der Waals surface area (Å²) in [5.74, 6) is 1.31. The van der Waals surface area contributed by atoms with Crippen molar-refractivity contribution in [3.63, 3.8) is 0 Å². The van der Waals surface area contributed by atoms with Crippen LogP contribution in [-0.2, 0) is 10.0 Å². The van der Waals surface area contributed by atoms with Crippen molar-refractivity contribution in [1.82, 2.24) is 14.7 Å². The van der Waals surface area contributed by atoms with Crippen molar-refractivity contribution in [3.8, 4) is 0 Å². The Morgan fingerprint density at radius 1 is 1.38 bits per heavy atom. The lowest BCUT2D eigenvalue weighted by molar-refractivity contribution is 0.589. The fourth-order valence-electron chi connectivity index (χ4n) is 1.05. The van der Waals surface area contributed by atoms with Gasteiger partial charge in [-0.25, -0.2) is 23.1 Å². The van der Waals surface area contributed by atoms with E-state index in [4.69, 9.17) is 0 Å². The van der Waals surface area contributed by atoms with E-state index in [0.717, 1.165) is 6.26 Å². The lowest BCUT2D eigenvalue weighted by Gasteiger charge is -2.06. The smallest absolute Gasteiger partial charge is 0.208 e. The summed E-state index contributed by atoms with van der Waals surface area (Å²) in [6.07, 6.45) is 1.12. The zero-order valence-electron chi connectivity index (χ0n) is 8.99. The van der Waals surface area contributed by atoms with Gasteiger partial charge < -0.3 is 5.32 Å². The van der Waals surface area contributed by atoms with Gasteiger partial charge in [-0.2, -0.15) is 0 Å². The van der Waals surface area contributed by atoms with Crippen LogP contribution >= 0.6 is 15.9 Å². The van der Waals surface area contributed by atoms with E-state index in [0.29, 0.717) is 29.3 Å². The molecule has 0 spiro atoms. The molecule has 1 aromatic rings. The predicted octanol–water partition coefficient (Wildman–Crippen LogP) is 0.509. The van der Waals surface area contributed by atoms with Crippen molar-refractivity contribution in [2.45, 2.75) is 6.92 Å². The van der Waals surface area contributed by atoms with E-state index in [1.165, 1.54) is 0 Å². The second kappa shape index (κ2) is 5.55. The quantitative estimate of drug-likeness (QED) is 0.611. The first-order valence-corrected chi connectivity index (χ1v) is 7.25. The molecule has 16 heavy (non-hydrogen) atoms. The van der Waals surface area contributed by atoms with Crippen LogP contribution in [0.1, 0.15) is 5.82 Å². The maximum atomic E-state index is 10.8. The molecule has 0 atom stereocenters. The van der Waals surface area contributed by atoms with Crippen LogP contribution in [0.4, 0.5) is 5.82 Å². The number of hydrogen-bond donors (Lipinski definition) is 2. The van der Waals surface area contributed by atoms with E-state index >= 15 is 0 Å². The zero-order valence-corrected chi connectivity index (χ0v) is 11.4. The summed E-state index contributed by atoms with van der Waals surface area (Å²) in [7, 11) is -3.13. The molecule has 0 radical (unpaired) electrons.